The van der Waals surface area contributed by atoms with Gasteiger partial charge in [-0.25, -0.2) is 0 Å². The maximum atomic E-state index is 12.1. The fourth-order valence-electron chi connectivity index (χ4n) is 3.98. The Labute approximate surface area is 111 Å². The minimum atomic E-state index is -0.0550. The number of allylic oxidation sites excluding steroid dienone is 1. The molecule has 102 valence electrons. The third-order valence-electron chi connectivity index (χ3n) is 4.94. The van der Waals surface area contributed by atoms with Crippen molar-refractivity contribution >= 4 is 5.78 Å². The summed E-state index contributed by atoms with van der Waals surface area (Å²) in [5, 5.41) is 3.81. The van der Waals surface area contributed by atoms with Crippen LogP contribution in [0.4, 0.5) is 0 Å². The molecule has 1 heterocycles. The van der Waals surface area contributed by atoms with Crippen LogP contribution in [0.3, 0.4) is 0 Å². The average Bonchev–Trinajstić information content (AvgIpc) is 2.19. The molecule has 18 heavy (non-hydrogen) atoms. The van der Waals surface area contributed by atoms with Crippen molar-refractivity contribution < 1.29 is 4.79 Å². The van der Waals surface area contributed by atoms with Crippen LogP contribution in [-0.4, -0.2) is 16.9 Å². The molecule has 1 spiro atoms. The number of rotatable bonds is 1. The highest BCUT2D eigenvalue weighted by Crippen LogP contribution is 2.45. The number of hydrogen-bond acceptors (Lipinski definition) is 2. The molecular formula is C16H27NO. The molecule has 1 saturated carbocycles. The van der Waals surface area contributed by atoms with E-state index in [-0.39, 0.29) is 11.1 Å². The fraction of sp³-hybridized carbons (Fsp3) is 0.812. The number of nitrogens with one attached hydrogen (secondary N) is 1. The quantitative estimate of drug-likeness (QED) is 0.721. The zero-order valence-corrected chi connectivity index (χ0v) is 12.3. The molecule has 0 aromatic rings. The van der Waals surface area contributed by atoms with Gasteiger partial charge in [0.15, 0.2) is 0 Å². The standard InChI is InChI=1S/C16H27NO/c1-11(2)13-7-6-12(3)16(8-13)10-14(18)9-15(4,5)17-16/h12-13,17H,1,6-10H2,2-5H3/t12-,13+,16-/m0/s1. The molecule has 1 N–H and O–H groups in total. The maximum Gasteiger partial charge on any atom is 0.136 e. The summed E-state index contributed by atoms with van der Waals surface area (Å²) >= 11 is 0. The first-order chi connectivity index (χ1) is 8.24. The van der Waals surface area contributed by atoms with Crippen molar-refractivity contribution in [2.75, 3.05) is 0 Å². The summed E-state index contributed by atoms with van der Waals surface area (Å²) in [6.07, 6.45) is 4.89. The lowest BCUT2D eigenvalue weighted by Crippen LogP contribution is -2.65. The van der Waals surface area contributed by atoms with E-state index in [0.29, 0.717) is 30.5 Å². The SMILES string of the molecule is C=C(C)[C@@H]1CC[C@H](C)[C@@]2(CC(=O)CC(C)(C)N2)C1. The van der Waals surface area contributed by atoms with E-state index in [1.165, 1.54) is 18.4 Å². The van der Waals surface area contributed by atoms with Crippen LogP contribution in [-0.2, 0) is 4.79 Å². The van der Waals surface area contributed by atoms with E-state index in [1.54, 1.807) is 0 Å². The molecule has 0 aromatic carbocycles. The van der Waals surface area contributed by atoms with E-state index in [2.05, 4.69) is 39.6 Å². The van der Waals surface area contributed by atoms with Crippen LogP contribution in [0.1, 0.15) is 59.8 Å². The summed E-state index contributed by atoms with van der Waals surface area (Å²) in [6, 6.07) is 0. The van der Waals surface area contributed by atoms with Crippen molar-refractivity contribution in [2.24, 2.45) is 11.8 Å². The highest BCUT2D eigenvalue weighted by Gasteiger charge is 2.49. The number of carbonyl (C=O) groups excluding carboxylic acids is 1. The predicted octanol–water partition coefficient (Wildman–Crippen LogP) is 3.47. The third kappa shape index (κ3) is 2.54. The van der Waals surface area contributed by atoms with Gasteiger partial charge in [-0.2, -0.15) is 0 Å². The van der Waals surface area contributed by atoms with Crippen molar-refractivity contribution in [1.29, 1.82) is 0 Å². The van der Waals surface area contributed by atoms with Crippen LogP contribution < -0.4 is 5.32 Å². The Morgan fingerprint density at radius 2 is 2.00 bits per heavy atom. The number of Topliss-reactive ketones (excluding diaryl/α,β-unsaturated/α-hetero) is 1. The largest absolute Gasteiger partial charge is 0.305 e. The van der Waals surface area contributed by atoms with Crippen LogP contribution in [0.25, 0.3) is 0 Å². The fourth-order valence-corrected chi connectivity index (χ4v) is 3.98. The van der Waals surface area contributed by atoms with Crippen molar-refractivity contribution in [3.8, 4) is 0 Å². The summed E-state index contributed by atoms with van der Waals surface area (Å²) in [5.74, 6) is 1.58. The molecule has 1 aliphatic heterocycles. The second-order valence-electron chi connectivity index (χ2n) is 7.28. The summed E-state index contributed by atoms with van der Waals surface area (Å²) in [6.45, 7) is 12.9. The molecule has 2 heteroatoms. The Bertz CT molecular complexity index is 371. The van der Waals surface area contributed by atoms with Gasteiger partial charge in [0.25, 0.3) is 0 Å². The van der Waals surface area contributed by atoms with Gasteiger partial charge in [-0.05, 0) is 51.9 Å². The van der Waals surface area contributed by atoms with Gasteiger partial charge in [0.2, 0.25) is 0 Å². The molecule has 2 rings (SSSR count). The number of carbonyl (C=O) groups is 1. The first kappa shape index (κ1) is 13.8. The first-order valence-electron chi connectivity index (χ1n) is 7.20. The molecule has 0 unspecified atom stereocenters. The van der Waals surface area contributed by atoms with Crippen molar-refractivity contribution in [3.63, 3.8) is 0 Å². The lowest BCUT2D eigenvalue weighted by atomic mass is 9.62. The molecule has 2 nitrogen and oxygen atoms in total. The van der Waals surface area contributed by atoms with Crippen molar-refractivity contribution in [1.82, 2.24) is 5.32 Å². The van der Waals surface area contributed by atoms with E-state index >= 15 is 0 Å². The van der Waals surface area contributed by atoms with Gasteiger partial charge in [0, 0.05) is 23.9 Å². The van der Waals surface area contributed by atoms with Crippen LogP contribution in [0.2, 0.25) is 0 Å². The zero-order chi connectivity index (χ0) is 13.6. The van der Waals surface area contributed by atoms with Crippen LogP contribution >= 0.6 is 0 Å². The third-order valence-corrected chi connectivity index (χ3v) is 4.94. The van der Waals surface area contributed by atoms with E-state index < -0.39 is 0 Å². The zero-order valence-electron chi connectivity index (χ0n) is 12.3. The molecule has 0 aromatic heterocycles. The van der Waals surface area contributed by atoms with E-state index in [0.717, 1.165) is 6.42 Å². The maximum absolute atomic E-state index is 12.1. The highest BCUT2D eigenvalue weighted by molar-refractivity contribution is 5.82. The lowest BCUT2D eigenvalue weighted by Gasteiger charge is -2.53. The number of ketones is 1. The average molecular weight is 249 g/mol. The summed E-state index contributed by atoms with van der Waals surface area (Å²) in [5.41, 5.74) is 1.24. The van der Waals surface area contributed by atoms with Crippen LogP contribution in [0.15, 0.2) is 12.2 Å². The van der Waals surface area contributed by atoms with Gasteiger partial charge in [0.1, 0.15) is 5.78 Å². The minimum absolute atomic E-state index is 0.0146. The summed E-state index contributed by atoms with van der Waals surface area (Å²) < 4.78 is 0. The van der Waals surface area contributed by atoms with Gasteiger partial charge in [-0.1, -0.05) is 19.1 Å². The Balaban J connectivity index is 2.26. The second kappa shape index (κ2) is 4.48. The van der Waals surface area contributed by atoms with Crippen molar-refractivity contribution in [3.05, 3.63) is 12.2 Å². The molecule has 2 fully saturated rings. The lowest BCUT2D eigenvalue weighted by molar-refractivity contribution is -0.127. The van der Waals surface area contributed by atoms with Gasteiger partial charge in [0.05, 0.1) is 0 Å². The summed E-state index contributed by atoms with van der Waals surface area (Å²) in [7, 11) is 0. The molecule has 1 saturated heterocycles. The van der Waals surface area contributed by atoms with Crippen LogP contribution in [0.5, 0.6) is 0 Å². The molecule has 2 aliphatic rings. The Morgan fingerprint density at radius 1 is 1.33 bits per heavy atom. The monoisotopic (exact) mass is 249 g/mol. The smallest absolute Gasteiger partial charge is 0.136 e. The Morgan fingerprint density at radius 3 is 2.56 bits per heavy atom. The molecule has 1 aliphatic carbocycles. The highest BCUT2D eigenvalue weighted by atomic mass is 16.1. The molecule has 0 amide bonds. The Kier molecular flexibility index (Phi) is 3.44. The normalized spacial score (nSPS) is 39.9. The molecule has 0 bridgehead atoms. The van der Waals surface area contributed by atoms with Crippen molar-refractivity contribution in [2.45, 2.75) is 70.9 Å². The van der Waals surface area contributed by atoms with E-state index in [4.69, 9.17) is 0 Å². The Hall–Kier alpha value is -0.630. The van der Waals surface area contributed by atoms with Crippen LogP contribution in [0, 0.1) is 11.8 Å². The molecule has 3 atom stereocenters. The van der Waals surface area contributed by atoms with Gasteiger partial charge < -0.3 is 5.32 Å². The second-order valence-corrected chi connectivity index (χ2v) is 7.28. The molecular weight excluding hydrogens is 222 g/mol. The number of hydrogen-bond donors (Lipinski definition) is 1. The minimum Gasteiger partial charge on any atom is -0.305 e. The topological polar surface area (TPSA) is 29.1 Å². The molecule has 0 radical (unpaired) electrons. The van der Waals surface area contributed by atoms with E-state index in [1.807, 2.05) is 0 Å². The predicted molar refractivity (Wildman–Crippen MR) is 75.5 cm³/mol. The first-order valence-corrected chi connectivity index (χ1v) is 7.20. The number of piperidine rings is 1. The van der Waals surface area contributed by atoms with E-state index in [9.17, 15) is 4.79 Å². The summed E-state index contributed by atoms with van der Waals surface area (Å²) in [4.78, 5) is 12.1. The van der Waals surface area contributed by atoms with Gasteiger partial charge >= 0.3 is 0 Å². The van der Waals surface area contributed by atoms with Gasteiger partial charge in [-0.3, -0.25) is 4.79 Å². The van der Waals surface area contributed by atoms with Gasteiger partial charge in [-0.15, -0.1) is 0 Å².